The monoisotopic (exact) mass is 366 g/mol. The van der Waals surface area contributed by atoms with E-state index in [9.17, 15) is 44.3 Å². The minimum absolute atomic E-state index is 0.465. The summed E-state index contributed by atoms with van der Waals surface area (Å²) in [5.41, 5.74) is -0.553. The molecule has 0 aliphatic rings. The zero-order valence-corrected chi connectivity index (χ0v) is 12.0. The Morgan fingerprint density at radius 3 is 1.67 bits per heavy atom. The fourth-order valence-electron chi connectivity index (χ4n) is 1.81. The third-order valence-electron chi connectivity index (χ3n) is 3.18. The zero-order valence-electron chi connectivity index (χ0n) is 12.0. The molecule has 0 radical (unpaired) electrons. The predicted octanol–water partition coefficient (Wildman–Crippen LogP) is 5.29. The van der Waals surface area contributed by atoms with E-state index in [1.807, 2.05) is 0 Å². The molecule has 0 unspecified atom stereocenters. The van der Waals surface area contributed by atoms with E-state index >= 15 is 0 Å². The summed E-state index contributed by atoms with van der Waals surface area (Å²) in [5.74, 6) is -23.1. The molecule has 1 aromatic rings. The first kappa shape index (κ1) is 20.3. The van der Waals surface area contributed by atoms with Gasteiger partial charge in [-0.05, 0) is 12.0 Å². The van der Waals surface area contributed by atoms with Crippen molar-refractivity contribution in [2.75, 3.05) is 0 Å². The van der Waals surface area contributed by atoms with Crippen molar-refractivity contribution >= 4 is 5.78 Å². The number of aryl methyl sites for hydroxylation is 1. The van der Waals surface area contributed by atoms with Crippen molar-refractivity contribution in [3.63, 3.8) is 0 Å². The minimum Gasteiger partial charge on any atom is -0.287 e. The molecule has 0 aromatic heterocycles. The smallest absolute Gasteiger partial charge is 0.287 e. The summed E-state index contributed by atoms with van der Waals surface area (Å²) in [4.78, 5) is 11.4. The van der Waals surface area contributed by atoms with Crippen LogP contribution in [0.3, 0.4) is 0 Å². The Labute approximate surface area is 130 Å². The van der Waals surface area contributed by atoms with E-state index in [0.717, 1.165) is 12.1 Å². The number of carbonyl (C=O) groups is 1. The number of benzene rings is 1. The van der Waals surface area contributed by atoms with Gasteiger partial charge in [-0.3, -0.25) is 4.79 Å². The first-order valence-electron chi connectivity index (χ1n) is 6.54. The lowest BCUT2D eigenvalue weighted by Gasteiger charge is -2.32. The third kappa shape index (κ3) is 3.23. The van der Waals surface area contributed by atoms with Gasteiger partial charge in [0.1, 0.15) is 0 Å². The first-order valence-corrected chi connectivity index (χ1v) is 6.54. The number of hydrogen-bond acceptors (Lipinski definition) is 1. The molecule has 0 spiro atoms. The summed E-state index contributed by atoms with van der Waals surface area (Å²) in [6, 6.07) is 3.58. The highest BCUT2D eigenvalue weighted by Crippen LogP contribution is 2.53. The summed E-state index contributed by atoms with van der Waals surface area (Å²) in [6.45, 7) is 1.77. The molecule has 10 heteroatoms. The molecule has 0 heterocycles. The number of halogens is 9. The molecule has 0 aliphatic heterocycles. The number of alkyl halides is 9. The normalized spacial score (nSPS) is 13.9. The lowest BCUT2D eigenvalue weighted by atomic mass is 9.95. The lowest BCUT2D eigenvalue weighted by molar-refractivity contribution is -0.386. The topological polar surface area (TPSA) is 17.1 Å². The Hall–Kier alpha value is -1.74. The third-order valence-corrected chi connectivity index (χ3v) is 3.18. The molecule has 0 N–H and O–H groups in total. The maximum absolute atomic E-state index is 13.5. The van der Waals surface area contributed by atoms with E-state index in [-0.39, 0.29) is 0 Å². The Morgan fingerprint density at radius 2 is 1.29 bits per heavy atom. The van der Waals surface area contributed by atoms with E-state index in [1.165, 1.54) is 0 Å². The molecular weight excluding hydrogens is 355 g/mol. The van der Waals surface area contributed by atoms with Crippen LogP contribution in [0.25, 0.3) is 0 Å². The molecule has 0 fully saturated rings. The standard InChI is InChI=1S/C14H11F9O/c1-2-3-8-4-6-9(7-5-8)10(24)11(15,16)12(17,18)13(19,20)14(21,22)23/h4-7H,2-3H2,1H3. The highest BCUT2D eigenvalue weighted by atomic mass is 19.4. The largest absolute Gasteiger partial charge is 0.460 e. The molecule has 1 aromatic carbocycles. The van der Waals surface area contributed by atoms with Crippen molar-refractivity contribution < 1.29 is 44.3 Å². The van der Waals surface area contributed by atoms with Crippen molar-refractivity contribution in [3.05, 3.63) is 35.4 Å². The molecule has 1 nitrogen and oxygen atoms in total. The maximum Gasteiger partial charge on any atom is 0.460 e. The molecule has 24 heavy (non-hydrogen) atoms. The highest BCUT2D eigenvalue weighted by molar-refractivity contribution is 6.02. The summed E-state index contributed by atoms with van der Waals surface area (Å²) >= 11 is 0. The molecule has 0 bridgehead atoms. The van der Waals surface area contributed by atoms with Crippen LogP contribution in [0.15, 0.2) is 24.3 Å². The van der Waals surface area contributed by atoms with Crippen LogP contribution in [-0.4, -0.2) is 29.7 Å². The van der Waals surface area contributed by atoms with Gasteiger partial charge < -0.3 is 0 Å². The Kier molecular flexibility index (Phi) is 5.32. The van der Waals surface area contributed by atoms with Gasteiger partial charge in [0.05, 0.1) is 0 Å². The summed E-state index contributed by atoms with van der Waals surface area (Å²) in [7, 11) is 0. The van der Waals surface area contributed by atoms with E-state index in [0.29, 0.717) is 30.5 Å². The molecule has 0 saturated heterocycles. The van der Waals surface area contributed by atoms with Crippen LogP contribution in [0.1, 0.15) is 29.3 Å². The predicted molar refractivity (Wildman–Crippen MR) is 65.7 cm³/mol. The van der Waals surface area contributed by atoms with Crippen molar-refractivity contribution in [2.24, 2.45) is 0 Å². The van der Waals surface area contributed by atoms with Crippen LogP contribution in [0, 0.1) is 0 Å². The van der Waals surface area contributed by atoms with E-state index < -0.39 is 35.3 Å². The second-order valence-corrected chi connectivity index (χ2v) is 5.00. The molecule has 1 rings (SSSR count). The Bertz CT molecular complexity index is 587. The van der Waals surface area contributed by atoms with Gasteiger partial charge in [0.25, 0.3) is 0 Å². The Balaban J connectivity index is 3.24. The summed E-state index contributed by atoms with van der Waals surface area (Å²) < 4.78 is 115. The quantitative estimate of drug-likeness (QED) is 0.494. The van der Waals surface area contributed by atoms with Gasteiger partial charge in [-0.1, -0.05) is 37.6 Å². The van der Waals surface area contributed by atoms with Gasteiger partial charge >= 0.3 is 23.9 Å². The van der Waals surface area contributed by atoms with Crippen molar-refractivity contribution in [1.82, 2.24) is 0 Å². The zero-order chi connectivity index (χ0) is 19.0. The highest BCUT2D eigenvalue weighted by Gasteiger charge is 2.83. The number of hydrogen-bond donors (Lipinski definition) is 0. The fourth-order valence-corrected chi connectivity index (χ4v) is 1.81. The number of carbonyl (C=O) groups excluding carboxylic acids is 1. The second kappa shape index (κ2) is 6.29. The average Bonchev–Trinajstić information content (AvgIpc) is 2.46. The van der Waals surface area contributed by atoms with Gasteiger partial charge in [-0.2, -0.15) is 39.5 Å². The van der Waals surface area contributed by atoms with E-state index in [2.05, 4.69) is 0 Å². The molecule has 136 valence electrons. The molecule has 0 atom stereocenters. The van der Waals surface area contributed by atoms with Gasteiger partial charge in [-0.25, -0.2) is 0 Å². The minimum atomic E-state index is -7.08. The van der Waals surface area contributed by atoms with Crippen LogP contribution >= 0.6 is 0 Å². The molecular formula is C14H11F9O. The van der Waals surface area contributed by atoms with Crippen molar-refractivity contribution in [3.8, 4) is 0 Å². The number of rotatable bonds is 6. The number of ketones is 1. The van der Waals surface area contributed by atoms with E-state index in [1.54, 1.807) is 6.92 Å². The fraction of sp³-hybridized carbons (Fsp3) is 0.500. The van der Waals surface area contributed by atoms with Crippen LogP contribution in [-0.2, 0) is 6.42 Å². The second-order valence-electron chi connectivity index (χ2n) is 5.00. The summed E-state index contributed by atoms with van der Waals surface area (Å²) in [5, 5.41) is 0. The van der Waals surface area contributed by atoms with Crippen molar-refractivity contribution in [1.29, 1.82) is 0 Å². The van der Waals surface area contributed by atoms with Crippen LogP contribution in [0.2, 0.25) is 0 Å². The molecule has 0 saturated carbocycles. The van der Waals surface area contributed by atoms with E-state index in [4.69, 9.17) is 0 Å². The van der Waals surface area contributed by atoms with Crippen LogP contribution in [0.5, 0.6) is 0 Å². The van der Waals surface area contributed by atoms with Gasteiger partial charge in [0, 0.05) is 5.56 Å². The first-order chi connectivity index (χ1) is 10.7. The van der Waals surface area contributed by atoms with Crippen LogP contribution < -0.4 is 0 Å². The average molecular weight is 366 g/mol. The number of Topliss-reactive ketones (excluding diaryl/α,β-unsaturated/α-hetero) is 1. The molecule has 0 amide bonds. The van der Waals surface area contributed by atoms with Gasteiger partial charge in [0.2, 0.25) is 5.78 Å². The lowest BCUT2D eigenvalue weighted by Crippen LogP contribution is -2.63. The summed E-state index contributed by atoms with van der Waals surface area (Å²) in [6.07, 6.45) is -5.85. The molecule has 0 aliphatic carbocycles. The Morgan fingerprint density at radius 1 is 0.833 bits per heavy atom. The van der Waals surface area contributed by atoms with Crippen molar-refractivity contribution in [2.45, 2.75) is 43.7 Å². The van der Waals surface area contributed by atoms with Crippen LogP contribution in [0.4, 0.5) is 39.5 Å². The maximum atomic E-state index is 13.5. The van der Waals surface area contributed by atoms with Gasteiger partial charge in [0.15, 0.2) is 0 Å². The SMILES string of the molecule is CCCc1ccc(C(=O)C(F)(F)C(F)(F)C(F)(F)C(F)(F)F)cc1. The van der Waals surface area contributed by atoms with Gasteiger partial charge in [-0.15, -0.1) is 0 Å².